The normalized spacial score (nSPS) is 28.7. The number of likely N-dealkylation sites (tertiary alicyclic amines) is 1. The highest BCUT2D eigenvalue weighted by Gasteiger charge is 2.30. The van der Waals surface area contributed by atoms with E-state index in [0.717, 1.165) is 19.4 Å². The fourth-order valence-electron chi connectivity index (χ4n) is 1.98. The van der Waals surface area contributed by atoms with Crippen LogP contribution >= 0.6 is 0 Å². The molecule has 0 aromatic heterocycles. The molecular weight excluding hydrogens is 186 g/mol. The van der Waals surface area contributed by atoms with Crippen LogP contribution in [0, 0.1) is 0 Å². The molecule has 2 unspecified atom stereocenters. The van der Waals surface area contributed by atoms with Crippen molar-refractivity contribution in [2.24, 2.45) is 0 Å². The molecule has 0 saturated carbocycles. The molecule has 1 heterocycles. The number of piperidine rings is 1. The zero-order valence-electron chi connectivity index (χ0n) is 8.66. The molecule has 13 heavy (non-hydrogen) atoms. The Morgan fingerprint density at radius 1 is 1.38 bits per heavy atom. The molecular formula is C9H19NO2S. The summed E-state index contributed by atoms with van der Waals surface area (Å²) in [6.07, 6.45) is 4.71. The lowest BCUT2D eigenvalue weighted by Gasteiger charge is -2.35. The number of rotatable bonds is 2. The van der Waals surface area contributed by atoms with E-state index in [9.17, 15) is 8.42 Å². The van der Waals surface area contributed by atoms with E-state index >= 15 is 0 Å². The van der Waals surface area contributed by atoms with E-state index in [2.05, 4.69) is 4.90 Å². The molecule has 1 rings (SSSR count). The Kier molecular flexibility index (Phi) is 3.35. The van der Waals surface area contributed by atoms with E-state index in [0.29, 0.717) is 0 Å². The van der Waals surface area contributed by atoms with Gasteiger partial charge in [0.1, 0.15) is 0 Å². The Labute approximate surface area is 81.0 Å². The average Bonchev–Trinajstić information content (AvgIpc) is 2.02. The summed E-state index contributed by atoms with van der Waals surface area (Å²) in [4.78, 5) is 2.18. The molecule has 1 aliphatic rings. The highest BCUT2D eigenvalue weighted by molar-refractivity contribution is 7.91. The van der Waals surface area contributed by atoms with Crippen molar-refractivity contribution >= 4 is 9.84 Å². The molecule has 1 saturated heterocycles. The predicted octanol–water partition coefficient (Wildman–Crippen LogP) is 0.904. The van der Waals surface area contributed by atoms with Gasteiger partial charge in [0.2, 0.25) is 0 Å². The summed E-state index contributed by atoms with van der Waals surface area (Å²) in [5.74, 6) is 0. The van der Waals surface area contributed by atoms with Crippen LogP contribution in [0.1, 0.15) is 26.2 Å². The zero-order chi connectivity index (χ0) is 10.1. The summed E-state index contributed by atoms with van der Waals surface area (Å²) >= 11 is 0. The van der Waals surface area contributed by atoms with E-state index in [1.54, 1.807) is 0 Å². The predicted molar refractivity (Wildman–Crippen MR) is 54.6 cm³/mol. The quantitative estimate of drug-likeness (QED) is 0.672. The summed E-state index contributed by atoms with van der Waals surface area (Å²) in [7, 11) is -0.858. The maximum absolute atomic E-state index is 11.3. The molecule has 0 spiro atoms. The molecule has 1 aliphatic heterocycles. The van der Waals surface area contributed by atoms with Crippen molar-refractivity contribution in [3.05, 3.63) is 0 Å². The lowest BCUT2D eigenvalue weighted by molar-refractivity contribution is 0.183. The van der Waals surface area contributed by atoms with Gasteiger partial charge in [-0.05, 0) is 33.4 Å². The minimum Gasteiger partial charge on any atom is -0.302 e. The zero-order valence-corrected chi connectivity index (χ0v) is 9.47. The topological polar surface area (TPSA) is 37.4 Å². The number of sulfone groups is 1. The van der Waals surface area contributed by atoms with Crippen molar-refractivity contribution in [1.29, 1.82) is 0 Å². The first-order valence-corrected chi connectivity index (χ1v) is 6.77. The van der Waals surface area contributed by atoms with Crippen LogP contribution in [0.4, 0.5) is 0 Å². The molecule has 0 bridgehead atoms. The van der Waals surface area contributed by atoms with Crippen LogP contribution in [0.25, 0.3) is 0 Å². The molecule has 4 heteroatoms. The first-order chi connectivity index (χ1) is 5.93. The summed E-state index contributed by atoms with van der Waals surface area (Å²) < 4.78 is 22.7. The number of nitrogens with zero attached hydrogens (tertiary/aromatic N) is 1. The molecule has 0 aromatic carbocycles. The highest BCUT2D eigenvalue weighted by atomic mass is 32.2. The Hall–Kier alpha value is -0.0900. The molecule has 3 nitrogen and oxygen atoms in total. The van der Waals surface area contributed by atoms with Gasteiger partial charge in [0.15, 0.2) is 9.84 Å². The number of hydrogen-bond acceptors (Lipinski definition) is 3. The fraction of sp³-hybridized carbons (Fsp3) is 1.00. The minimum absolute atomic E-state index is 0.224. The van der Waals surface area contributed by atoms with Crippen LogP contribution in [0.2, 0.25) is 0 Å². The first kappa shape index (κ1) is 11.0. The summed E-state index contributed by atoms with van der Waals surface area (Å²) in [5, 5.41) is -0.224. The molecule has 0 amide bonds. The minimum atomic E-state index is -2.88. The average molecular weight is 205 g/mol. The van der Waals surface area contributed by atoms with Crippen LogP contribution in [-0.4, -0.2) is 44.5 Å². The first-order valence-electron chi connectivity index (χ1n) is 4.82. The van der Waals surface area contributed by atoms with E-state index in [4.69, 9.17) is 0 Å². The smallest absolute Gasteiger partial charge is 0.151 e. The lowest BCUT2D eigenvalue weighted by atomic mass is 10.0. The van der Waals surface area contributed by atoms with Gasteiger partial charge in [-0.15, -0.1) is 0 Å². The van der Waals surface area contributed by atoms with Crippen molar-refractivity contribution < 1.29 is 8.42 Å². The molecule has 1 fully saturated rings. The summed E-state index contributed by atoms with van der Waals surface area (Å²) in [5.41, 5.74) is 0. The maximum Gasteiger partial charge on any atom is 0.151 e. The third kappa shape index (κ3) is 2.68. The van der Waals surface area contributed by atoms with Crippen molar-refractivity contribution in [3.63, 3.8) is 0 Å². The van der Waals surface area contributed by atoms with Crippen molar-refractivity contribution in [1.82, 2.24) is 4.90 Å². The van der Waals surface area contributed by atoms with Gasteiger partial charge in [-0.25, -0.2) is 8.42 Å². The fourth-order valence-corrected chi connectivity index (χ4v) is 2.89. The van der Waals surface area contributed by atoms with Gasteiger partial charge in [-0.1, -0.05) is 6.42 Å². The van der Waals surface area contributed by atoms with Gasteiger partial charge in [0, 0.05) is 12.3 Å². The van der Waals surface area contributed by atoms with Gasteiger partial charge in [0.25, 0.3) is 0 Å². The van der Waals surface area contributed by atoms with E-state index in [1.807, 2.05) is 14.0 Å². The van der Waals surface area contributed by atoms with Crippen LogP contribution in [0.5, 0.6) is 0 Å². The van der Waals surface area contributed by atoms with Gasteiger partial charge >= 0.3 is 0 Å². The summed E-state index contributed by atoms with van der Waals surface area (Å²) in [6.45, 7) is 2.85. The highest BCUT2D eigenvalue weighted by Crippen LogP contribution is 2.21. The van der Waals surface area contributed by atoms with Crippen molar-refractivity contribution in [2.75, 3.05) is 19.8 Å². The SMILES string of the molecule is CC(C1CCCCN1C)S(C)(=O)=O. The van der Waals surface area contributed by atoms with Crippen LogP contribution in [0.15, 0.2) is 0 Å². The monoisotopic (exact) mass is 205 g/mol. The second-order valence-electron chi connectivity index (χ2n) is 4.08. The van der Waals surface area contributed by atoms with Crippen LogP contribution < -0.4 is 0 Å². The number of hydrogen-bond donors (Lipinski definition) is 0. The molecule has 0 radical (unpaired) electrons. The Morgan fingerprint density at radius 3 is 2.46 bits per heavy atom. The second kappa shape index (κ2) is 3.96. The van der Waals surface area contributed by atoms with E-state index in [1.165, 1.54) is 12.7 Å². The second-order valence-corrected chi connectivity index (χ2v) is 6.48. The maximum atomic E-state index is 11.3. The van der Waals surface area contributed by atoms with E-state index < -0.39 is 9.84 Å². The van der Waals surface area contributed by atoms with E-state index in [-0.39, 0.29) is 11.3 Å². The molecule has 0 aliphatic carbocycles. The van der Waals surface area contributed by atoms with Crippen LogP contribution in [0.3, 0.4) is 0 Å². The molecule has 0 aromatic rings. The largest absolute Gasteiger partial charge is 0.302 e. The van der Waals surface area contributed by atoms with Gasteiger partial charge in [-0.2, -0.15) is 0 Å². The van der Waals surface area contributed by atoms with Crippen LogP contribution in [-0.2, 0) is 9.84 Å². The molecule has 78 valence electrons. The molecule has 2 atom stereocenters. The third-order valence-corrected chi connectivity index (χ3v) is 4.71. The standard InChI is InChI=1S/C9H19NO2S/c1-8(13(3,11)12)9-6-4-5-7-10(9)2/h8-9H,4-7H2,1-3H3. The summed E-state index contributed by atoms with van der Waals surface area (Å²) in [6, 6.07) is 0.226. The third-order valence-electron chi connectivity index (χ3n) is 3.04. The van der Waals surface area contributed by atoms with Crippen molar-refractivity contribution in [3.8, 4) is 0 Å². The lowest BCUT2D eigenvalue weighted by Crippen LogP contribution is -2.46. The van der Waals surface area contributed by atoms with Gasteiger partial charge < -0.3 is 4.90 Å². The van der Waals surface area contributed by atoms with Crippen molar-refractivity contribution in [2.45, 2.75) is 37.5 Å². The Balaban J connectivity index is 2.70. The van der Waals surface area contributed by atoms with Gasteiger partial charge in [-0.3, -0.25) is 0 Å². The van der Waals surface area contributed by atoms with Gasteiger partial charge in [0.05, 0.1) is 5.25 Å². The molecule has 0 N–H and O–H groups in total. The Morgan fingerprint density at radius 2 is 2.00 bits per heavy atom. The Bertz CT molecular complexity index is 261.